The number of aliphatic hydroxyl groups is 1. The van der Waals surface area contributed by atoms with Crippen LogP contribution < -0.4 is 5.32 Å². The van der Waals surface area contributed by atoms with E-state index in [0.717, 1.165) is 42.7 Å². The first-order valence-electron chi connectivity index (χ1n) is 7.23. The average Bonchev–Trinajstić information content (AvgIpc) is 3.04. The Kier molecular flexibility index (Phi) is 3.84. The summed E-state index contributed by atoms with van der Waals surface area (Å²) in [5, 5.41) is 12.7. The van der Waals surface area contributed by atoms with Crippen molar-refractivity contribution in [2.24, 2.45) is 5.41 Å². The van der Waals surface area contributed by atoms with E-state index in [9.17, 15) is 9.90 Å². The third-order valence-corrected chi connectivity index (χ3v) is 5.84. The summed E-state index contributed by atoms with van der Waals surface area (Å²) in [6.07, 6.45) is 3.90. The molecule has 1 aliphatic heterocycles. The normalized spacial score (nSPS) is 29.2. The number of amides is 1. The molecule has 20 heavy (non-hydrogen) atoms. The van der Waals surface area contributed by atoms with Gasteiger partial charge >= 0.3 is 0 Å². The highest BCUT2D eigenvalue weighted by Crippen LogP contribution is 2.37. The summed E-state index contributed by atoms with van der Waals surface area (Å²) in [5.41, 5.74) is 0.984. The Labute approximate surface area is 123 Å². The fourth-order valence-corrected chi connectivity index (χ4v) is 4.21. The minimum atomic E-state index is -0.171. The van der Waals surface area contributed by atoms with Crippen molar-refractivity contribution in [1.29, 1.82) is 0 Å². The predicted octanol–water partition coefficient (Wildman–Crippen LogP) is 2.10. The predicted molar refractivity (Wildman–Crippen MR) is 78.0 cm³/mol. The molecule has 110 valence electrons. The van der Waals surface area contributed by atoms with Crippen LogP contribution in [0.3, 0.4) is 0 Å². The molecule has 2 heterocycles. The van der Waals surface area contributed by atoms with Gasteiger partial charge in [-0.05, 0) is 24.5 Å². The molecule has 5 heteroatoms. The van der Waals surface area contributed by atoms with Crippen LogP contribution in [0.4, 0.5) is 0 Å². The SMILES string of the molecule is CC1(CO)CCCC1NC(=O)c1cc2c(s1)CCOC2. The standard InChI is InChI=1S/C15H21NO3S/c1-15(9-17)5-2-3-13(15)16-14(18)12-7-10-8-19-6-4-11(10)20-12/h7,13,17H,2-6,8-9H2,1H3,(H,16,18). The smallest absolute Gasteiger partial charge is 0.261 e. The van der Waals surface area contributed by atoms with Gasteiger partial charge in [-0.25, -0.2) is 0 Å². The van der Waals surface area contributed by atoms with Gasteiger partial charge in [0.15, 0.2) is 0 Å². The lowest BCUT2D eigenvalue weighted by atomic mass is 9.86. The van der Waals surface area contributed by atoms with Gasteiger partial charge in [-0.2, -0.15) is 0 Å². The van der Waals surface area contributed by atoms with E-state index in [2.05, 4.69) is 12.2 Å². The maximum Gasteiger partial charge on any atom is 0.261 e. The highest BCUT2D eigenvalue weighted by atomic mass is 32.1. The van der Waals surface area contributed by atoms with Crippen LogP contribution in [-0.4, -0.2) is 30.3 Å². The van der Waals surface area contributed by atoms with Crippen LogP contribution in [0.1, 0.15) is 46.3 Å². The Balaban J connectivity index is 1.71. The number of fused-ring (bicyclic) bond motifs is 1. The number of carbonyl (C=O) groups excluding carboxylic acids is 1. The molecule has 0 saturated heterocycles. The lowest BCUT2D eigenvalue weighted by molar-refractivity contribution is 0.0834. The summed E-state index contributed by atoms with van der Waals surface area (Å²) >= 11 is 1.58. The maximum atomic E-state index is 12.4. The number of carbonyl (C=O) groups is 1. The fourth-order valence-electron chi connectivity index (χ4n) is 3.16. The Bertz CT molecular complexity index is 490. The summed E-state index contributed by atoms with van der Waals surface area (Å²) in [5.74, 6) is -0.00373. The van der Waals surface area contributed by atoms with Gasteiger partial charge in [-0.1, -0.05) is 13.3 Å². The van der Waals surface area contributed by atoms with Gasteiger partial charge in [0.05, 0.1) is 24.7 Å². The monoisotopic (exact) mass is 295 g/mol. The maximum absolute atomic E-state index is 12.4. The molecular formula is C15H21NO3S. The molecule has 2 aliphatic rings. The summed E-state index contributed by atoms with van der Waals surface area (Å²) in [6.45, 7) is 3.56. The molecule has 1 aromatic rings. The van der Waals surface area contributed by atoms with Gasteiger partial charge in [-0.15, -0.1) is 11.3 Å². The van der Waals surface area contributed by atoms with Gasteiger partial charge in [0.1, 0.15) is 0 Å². The zero-order chi connectivity index (χ0) is 14.2. The molecule has 1 fully saturated rings. The van der Waals surface area contributed by atoms with Crippen molar-refractivity contribution in [2.45, 2.75) is 45.3 Å². The highest BCUT2D eigenvalue weighted by molar-refractivity contribution is 7.14. The van der Waals surface area contributed by atoms with Gasteiger partial charge in [-0.3, -0.25) is 4.79 Å². The first-order chi connectivity index (χ1) is 9.62. The van der Waals surface area contributed by atoms with Gasteiger partial charge in [0.2, 0.25) is 0 Å². The van der Waals surface area contributed by atoms with E-state index >= 15 is 0 Å². The third kappa shape index (κ3) is 2.50. The van der Waals surface area contributed by atoms with E-state index in [-0.39, 0.29) is 24.0 Å². The minimum Gasteiger partial charge on any atom is -0.396 e. The average molecular weight is 295 g/mol. The van der Waals surface area contributed by atoms with E-state index in [1.165, 1.54) is 4.88 Å². The van der Waals surface area contributed by atoms with E-state index in [0.29, 0.717) is 6.61 Å². The van der Waals surface area contributed by atoms with E-state index in [1.807, 2.05) is 6.07 Å². The Hall–Kier alpha value is -0.910. The number of nitrogens with one attached hydrogen (secondary N) is 1. The molecule has 2 atom stereocenters. The Morgan fingerprint density at radius 1 is 1.65 bits per heavy atom. The van der Waals surface area contributed by atoms with Crippen LogP contribution in [0, 0.1) is 5.41 Å². The Morgan fingerprint density at radius 3 is 3.25 bits per heavy atom. The third-order valence-electron chi connectivity index (χ3n) is 4.60. The molecule has 2 N–H and O–H groups in total. The van der Waals surface area contributed by atoms with Crippen LogP contribution >= 0.6 is 11.3 Å². The summed E-state index contributed by atoms with van der Waals surface area (Å²) in [6, 6.07) is 2.04. The van der Waals surface area contributed by atoms with Crippen LogP contribution in [0.25, 0.3) is 0 Å². The van der Waals surface area contributed by atoms with Crippen LogP contribution in [-0.2, 0) is 17.8 Å². The van der Waals surface area contributed by atoms with Gasteiger partial charge in [0.25, 0.3) is 5.91 Å². The van der Waals surface area contributed by atoms with Crippen molar-refractivity contribution in [3.05, 3.63) is 21.4 Å². The fraction of sp³-hybridized carbons (Fsp3) is 0.667. The summed E-state index contributed by atoms with van der Waals surface area (Å²) < 4.78 is 5.41. The second-order valence-electron chi connectivity index (χ2n) is 6.09. The molecule has 2 unspecified atom stereocenters. The summed E-state index contributed by atoms with van der Waals surface area (Å²) in [7, 11) is 0. The van der Waals surface area contributed by atoms with Crippen molar-refractivity contribution in [3.63, 3.8) is 0 Å². The Morgan fingerprint density at radius 2 is 2.50 bits per heavy atom. The van der Waals surface area contributed by atoms with Crippen LogP contribution in [0.15, 0.2) is 6.07 Å². The van der Waals surface area contributed by atoms with Crippen molar-refractivity contribution in [2.75, 3.05) is 13.2 Å². The first kappa shape index (κ1) is 14.0. The van der Waals surface area contributed by atoms with Crippen molar-refractivity contribution in [3.8, 4) is 0 Å². The van der Waals surface area contributed by atoms with Crippen molar-refractivity contribution < 1.29 is 14.6 Å². The molecule has 0 radical (unpaired) electrons. The number of rotatable bonds is 3. The largest absolute Gasteiger partial charge is 0.396 e. The van der Waals surface area contributed by atoms with Gasteiger partial charge < -0.3 is 15.2 Å². The van der Waals surface area contributed by atoms with E-state index in [4.69, 9.17) is 4.74 Å². The molecule has 0 bridgehead atoms. The quantitative estimate of drug-likeness (QED) is 0.898. The van der Waals surface area contributed by atoms with Crippen LogP contribution in [0.5, 0.6) is 0 Å². The zero-order valence-corrected chi connectivity index (χ0v) is 12.6. The lowest BCUT2D eigenvalue weighted by Crippen LogP contribution is -2.44. The molecule has 1 saturated carbocycles. The second kappa shape index (κ2) is 5.47. The molecule has 1 amide bonds. The topological polar surface area (TPSA) is 58.6 Å². The molecule has 3 rings (SSSR count). The lowest BCUT2D eigenvalue weighted by Gasteiger charge is -2.29. The molecule has 1 aliphatic carbocycles. The second-order valence-corrected chi connectivity index (χ2v) is 7.23. The number of thiophene rings is 1. The number of ether oxygens (including phenoxy) is 1. The number of hydrogen-bond acceptors (Lipinski definition) is 4. The van der Waals surface area contributed by atoms with Crippen molar-refractivity contribution in [1.82, 2.24) is 5.32 Å². The van der Waals surface area contributed by atoms with Crippen LogP contribution in [0.2, 0.25) is 0 Å². The molecule has 4 nitrogen and oxygen atoms in total. The van der Waals surface area contributed by atoms with E-state index in [1.54, 1.807) is 11.3 Å². The number of aliphatic hydroxyl groups excluding tert-OH is 1. The number of hydrogen-bond donors (Lipinski definition) is 2. The molecule has 0 spiro atoms. The minimum absolute atomic E-state index is 0.00373. The highest BCUT2D eigenvalue weighted by Gasteiger charge is 2.39. The first-order valence-corrected chi connectivity index (χ1v) is 8.05. The van der Waals surface area contributed by atoms with Gasteiger partial charge in [0, 0.05) is 22.8 Å². The van der Waals surface area contributed by atoms with E-state index < -0.39 is 0 Å². The molecular weight excluding hydrogens is 274 g/mol. The molecule has 0 aromatic carbocycles. The molecule has 1 aromatic heterocycles. The zero-order valence-electron chi connectivity index (χ0n) is 11.8. The van der Waals surface area contributed by atoms with Crippen molar-refractivity contribution >= 4 is 17.2 Å². The summed E-state index contributed by atoms with van der Waals surface area (Å²) in [4.78, 5) is 14.4.